The number of rotatable bonds is 5. The fourth-order valence-electron chi connectivity index (χ4n) is 1.58. The molecule has 0 saturated heterocycles. The van der Waals surface area contributed by atoms with Crippen LogP contribution in [-0.4, -0.2) is 31.6 Å². The summed E-state index contributed by atoms with van der Waals surface area (Å²) in [6.45, 7) is 2.87. The minimum atomic E-state index is -0.592. The van der Waals surface area contributed by atoms with E-state index in [1.54, 1.807) is 0 Å². The lowest BCUT2D eigenvalue weighted by atomic mass is 10.1. The summed E-state index contributed by atoms with van der Waals surface area (Å²) in [4.78, 5) is 2.06. The number of benzene rings is 1. The van der Waals surface area contributed by atoms with Crippen LogP contribution in [-0.2, 0) is 0 Å². The van der Waals surface area contributed by atoms with Gasteiger partial charge in [-0.1, -0.05) is 11.6 Å². The van der Waals surface area contributed by atoms with Gasteiger partial charge in [-0.05, 0) is 40.1 Å². The Balaban J connectivity index is 2.81. The lowest BCUT2D eigenvalue weighted by molar-refractivity contribution is 0.390. The highest BCUT2D eigenvalue weighted by atomic mass is 35.5. The number of nitrogens with two attached hydrogens (primary N) is 2. The van der Waals surface area contributed by atoms with Gasteiger partial charge in [0.15, 0.2) is 5.82 Å². The van der Waals surface area contributed by atoms with Crippen molar-refractivity contribution in [1.82, 2.24) is 4.90 Å². The van der Waals surface area contributed by atoms with Crippen molar-refractivity contribution in [1.29, 1.82) is 0 Å². The molecule has 0 aromatic heterocycles. The summed E-state index contributed by atoms with van der Waals surface area (Å²) in [6.07, 6.45) is 0.869. The zero-order valence-electron chi connectivity index (χ0n) is 10.9. The smallest absolute Gasteiger partial charge is 0.169 e. The van der Waals surface area contributed by atoms with E-state index < -0.39 is 5.82 Å². The molecule has 1 aromatic rings. The summed E-state index contributed by atoms with van der Waals surface area (Å²) in [7, 11) is 3.98. The summed E-state index contributed by atoms with van der Waals surface area (Å²) in [5, 5.41) is 2.94. The van der Waals surface area contributed by atoms with E-state index in [9.17, 15) is 4.39 Å². The predicted molar refractivity (Wildman–Crippen MR) is 76.5 cm³/mol. The molecule has 1 rings (SSSR count). The summed E-state index contributed by atoms with van der Waals surface area (Å²) in [5.74, 6) is -0.592. The average molecular weight is 275 g/mol. The molecule has 0 bridgehead atoms. The van der Waals surface area contributed by atoms with Gasteiger partial charge in [-0.25, -0.2) is 4.39 Å². The Kier molecular flexibility index (Phi) is 5.04. The third-order valence-corrected chi connectivity index (χ3v) is 3.05. The number of nitrogens with zero attached hydrogens (tertiary/aromatic N) is 1. The van der Waals surface area contributed by atoms with Gasteiger partial charge in [0.1, 0.15) is 5.02 Å². The Labute approximate surface area is 112 Å². The monoisotopic (exact) mass is 274 g/mol. The molecule has 0 amide bonds. The molecule has 1 atom stereocenters. The number of hydrogen-bond donors (Lipinski definition) is 3. The summed E-state index contributed by atoms with van der Waals surface area (Å²) >= 11 is 5.76. The average Bonchev–Trinajstić information content (AvgIpc) is 2.29. The van der Waals surface area contributed by atoms with Gasteiger partial charge in [-0.15, -0.1) is 0 Å². The molecule has 4 nitrogen and oxygen atoms in total. The van der Waals surface area contributed by atoms with Crippen LogP contribution in [0.2, 0.25) is 5.02 Å². The van der Waals surface area contributed by atoms with E-state index in [-0.39, 0.29) is 28.1 Å². The Bertz CT molecular complexity index is 423. The molecule has 0 aliphatic carbocycles. The first kappa shape index (κ1) is 14.9. The van der Waals surface area contributed by atoms with Gasteiger partial charge in [0.2, 0.25) is 0 Å². The molecule has 5 N–H and O–H groups in total. The quantitative estimate of drug-likeness (QED) is 0.721. The zero-order chi connectivity index (χ0) is 13.9. The van der Waals surface area contributed by atoms with Crippen LogP contribution >= 0.6 is 11.6 Å². The zero-order valence-corrected chi connectivity index (χ0v) is 11.7. The lowest BCUT2D eigenvalue weighted by Crippen LogP contribution is -2.24. The summed E-state index contributed by atoms with van der Waals surface area (Å²) in [6, 6.07) is 1.55. The molecular formula is C12H20ClFN4. The van der Waals surface area contributed by atoms with Crippen molar-refractivity contribution in [3.8, 4) is 0 Å². The van der Waals surface area contributed by atoms with Crippen molar-refractivity contribution >= 4 is 28.7 Å². The molecule has 0 spiro atoms. The third kappa shape index (κ3) is 3.65. The second-order valence-electron chi connectivity index (χ2n) is 4.70. The van der Waals surface area contributed by atoms with E-state index in [0.717, 1.165) is 13.0 Å². The Hall–Kier alpha value is -1.20. The first-order chi connectivity index (χ1) is 8.32. The molecule has 0 aliphatic heterocycles. The molecule has 0 fully saturated rings. The minimum absolute atomic E-state index is 0.0869. The van der Waals surface area contributed by atoms with E-state index in [1.807, 2.05) is 21.0 Å². The van der Waals surface area contributed by atoms with Crippen molar-refractivity contribution in [2.45, 2.75) is 19.4 Å². The lowest BCUT2D eigenvalue weighted by Gasteiger charge is -2.20. The molecule has 0 heterocycles. The van der Waals surface area contributed by atoms with Gasteiger partial charge in [-0.2, -0.15) is 0 Å². The van der Waals surface area contributed by atoms with Crippen molar-refractivity contribution in [2.24, 2.45) is 0 Å². The Morgan fingerprint density at radius 3 is 2.56 bits per heavy atom. The SMILES string of the molecule is CC(CCN(C)C)Nc1c(N)cc(N)c(Cl)c1F. The molecule has 102 valence electrons. The Morgan fingerprint density at radius 1 is 1.39 bits per heavy atom. The van der Waals surface area contributed by atoms with Gasteiger partial charge < -0.3 is 21.7 Å². The van der Waals surface area contributed by atoms with Gasteiger partial charge in [0, 0.05) is 6.04 Å². The number of halogens is 2. The largest absolute Gasteiger partial charge is 0.397 e. The highest BCUT2D eigenvalue weighted by Crippen LogP contribution is 2.34. The van der Waals surface area contributed by atoms with E-state index >= 15 is 0 Å². The van der Waals surface area contributed by atoms with Crippen molar-refractivity contribution in [3.05, 3.63) is 16.9 Å². The first-order valence-electron chi connectivity index (χ1n) is 5.77. The van der Waals surface area contributed by atoms with Crippen LogP contribution in [0.25, 0.3) is 0 Å². The van der Waals surface area contributed by atoms with Crippen molar-refractivity contribution in [2.75, 3.05) is 37.4 Å². The standard InChI is InChI=1S/C12H20ClFN4/c1-7(4-5-18(2)3)17-12-9(16)6-8(15)10(13)11(12)14/h6-7,17H,4-5,15-16H2,1-3H3. The van der Waals surface area contributed by atoms with E-state index in [4.69, 9.17) is 23.1 Å². The molecule has 0 saturated carbocycles. The number of nitrogens with one attached hydrogen (secondary N) is 1. The highest BCUT2D eigenvalue weighted by Gasteiger charge is 2.15. The van der Waals surface area contributed by atoms with Gasteiger partial charge in [-0.3, -0.25) is 0 Å². The van der Waals surface area contributed by atoms with Crippen LogP contribution in [0.4, 0.5) is 21.5 Å². The molecule has 18 heavy (non-hydrogen) atoms. The molecule has 6 heteroatoms. The third-order valence-electron chi connectivity index (χ3n) is 2.67. The summed E-state index contributed by atoms with van der Waals surface area (Å²) in [5.41, 5.74) is 11.9. The van der Waals surface area contributed by atoms with E-state index in [0.29, 0.717) is 0 Å². The normalized spacial score (nSPS) is 12.8. The maximum atomic E-state index is 13.9. The second kappa shape index (κ2) is 6.11. The maximum absolute atomic E-state index is 13.9. The predicted octanol–water partition coefficient (Wildman–Crippen LogP) is 2.40. The molecular weight excluding hydrogens is 255 g/mol. The number of anilines is 3. The first-order valence-corrected chi connectivity index (χ1v) is 6.15. The van der Waals surface area contributed by atoms with Crippen molar-refractivity contribution < 1.29 is 4.39 Å². The number of hydrogen-bond acceptors (Lipinski definition) is 4. The van der Waals surface area contributed by atoms with E-state index in [2.05, 4.69) is 10.2 Å². The Morgan fingerprint density at radius 2 is 2.00 bits per heavy atom. The van der Waals surface area contributed by atoms with Gasteiger partial charge >= 0.3 is 0 Å². The van der Waals surface area contributed by atoms with Crippen LogP contribution < -0.4 is 16.8 Å². The summed E-state index contributed by atoms with van der Waals surface area (Å²) < 4.78 is 13.9. The van der Waals surface area contributed by atoms with Crippen LogP contribution in [0.15, 0.2) is 6.07 Å². The minimum Gasteiger partial charge on any atom is -0.397 e. The van der Waals surface area contributed by atoms with E-state index in [1.165, 1.54) is 6.07 Å². The molecule has 0 radical (unpaired) electrons. The molecule has 0 aliphatic rings. The number of nitrogen functional groups attached to an aromatic ring is 2. The molecule has 1 unspecified atom stereocenters. The maximum Gasteiger partial charge on any atom is 0.169 e. The van der Waals surface area contributed by atoms with Gasteiger partial charge in [0.25, 0.3) is 0 Å². The van der Waals surface area contributed by atoms with Crippen LogP contribution in [0, 0.1) is 5.82 Å². The van der Waals surface area contributed by atoms with Crippen molar-refractivity contribution in [3.63, 3.8) is 0 Å². The van der Waals surface area contributed by atoms with Crippen LogP contribution in [0.5, 0.6) is 0 Å². The van der Waals surface area contributed by atoms with Crippen LogP contribution in [0.1, 0.15) is 13.3 Å². The topological polar surface area (TPSA) is 67.3 Å². The highest BCUT2D eigenvalue weighted by molar-refractivity contribution is 6.33. The van der Waals surface area contributed by atoms with Gasteiger partial charge in [0.05, 0.1) is 17.1 Å². The van der Waals surface area contributed by atoms with Crippen LogP contribution in [0.3, 0.4) is 0 Å². The fourth-order valence-corrected chi connectivity index (χ4v) is 1.73. The fraction of sp³-hybridized carbons (Fsp3) is 0.500. The second-order valence-corrected chi connectivity index (χ2v) is 5.07. The molecule has 1 aromatic carbocycles.